The molecule has 5 nitrogen and oxygen atoms in total. The van der Waals surface area contributed by atoms with Crippen LogP contribution in [-0.2, 0) is 6.42 Å². The number of hydrogen-bond donors (Lipinski definition) is 2. The van der Waals surface area contributed by atoms with Gasteiger partial charge in [-0.05, 0) is 18.5 Å². The van der Waals surface area contributed by atoms with Gasteiger partial charge in [0.05, 0.1) is 16.4 Å². The Morgan fingerprint density at radius 2 is 2.29 bits per heavy atom. The summed E-state index contributed by atoms with van der Waals surface area (Å²) in [5.74, 6) is 0.582. The van der Waals surface area contributed by atoms with Gasteiger partial charge in [-0.2, -0.15) is 4.98 Å². The average Bonchev–Trinajstić information content (AvgIpc) is 2.78. The molecule has 0 fully saturated rings. The van der Waals surface area contributed by atoms with Gasteiger partial charge in [-0.3, -0.25) is 0 Å². The van der Waals surface area contributed by atoms with Crippen molar-refractivity contribution in [2.75, 3.05) is 17.6 Å². The molecule has 0 aliphatic heterocycles. The first kappa shape index (κ1) is 12.1. The number of aryl methyl sites for hydroxylation is 1. The molecule has 0 bridgehead atoms. The largest absolute Gasteiger partial charge is 0.394 e. The average molecular weight is 270 g/mol. The second-order valence-electron chi connectivity index (χ2n) is 3.44. The van der Waals surface area contributed by atoms with Crippen molar-refractivity contribution in [3.63, 3.8) is 0 Å². The molecule has 0 aromatic carbocycles. The van der Waals surface area contributed by atoms with Gasteiger partial charge < -0.3 is 11.1 Å². The van der Waals surface area contributed by atoms with Crippen LogP contribution in [0.4, 0.5) is 11.5 Å². The Hall–Kier alpha value is -1.40. The second kappa shape index (κ2) is 5.29. The molecule has 7 heteroatoms. The SMILES string of the molecule is Cc1nc(Cl)nc(NCCc2nccs2)c1N. The van der Waals surface area contributed by atoms with E-state index in [0.29, 0.717) is 23.7 Å². The molecule has 0 unspecified atom stereocenters. The first-order valence-electron chi connectivity index (χ1n) is 5.08. The zero-order valence-electron chi connectivity index (χ0n) is 9.27. The van der Waals surface area contributed by atoms with Gasteiger partial charge in [-0.1, -0.05) is 0 Å². The van der Waals surface area contributed by atoms with Crippen LogP contribution in [-0.4, -0.2) is 21.5 Å². The Morgan fingerprint density at radius 3 is 3.00 bits per heavy atom. The summed E-state index contributed by atoms with van der Waals surface area (Å²) in [5, 5.41) is 6.37. The van der Waals surface area contributed by atoms with Gasteiger partial charge >= 0.3 is 0 Å². The van der Waals surface area contributed by atoms with Crippen LogP contribution in [0.2, 0.25) is 5.28 Å². The van der Waals surface area contributed by atoms with Crippen LogP contribution in [0, 0.1) is 6.92 Å². The zero-order chi connectivity index (χ0) is 12.3. The Morgan fingerprint density at radius 1 is 1.47 bits per heavy atom. The molecule has 17 heavy (non-hydrogen) atoms. The molecular formula is C10H12ClN5S. The monoisotopic (exact) mass is 269 g/mol. The highest BCUT2D eigenvalue weighted by molar-refractivity contribution is 7.09. The van der Waals surface area contributed by atoms with Crippen LogP contribution in [0.5, 0.6) is 0 Å². The van der Waals surface area contributed by atoms with Crippen molar-refractivity contribution >= 4 is 34.4 Å². The van der Waals surface area contributed by atoms with Gasteiger partial charge in [-0.25, -0.2) is 9.97 Å². The van der Waals surface area contributed by atoms with Crippen molar-refractivity contribution in [2.45, 2.75) is 13.3 Å². The highest BCUT2D eigenvalue weighted by Gasteiger charge is 2.07. The van der Waals surface area contributed by atoms with Gasteiger partial charge in [0.2, 0.25) is 5.28 Å². The van der Waals surface area contributed by atoms with Gasteiger partial charge in [0.1, 0.15) is 0 Å². The van der Waals surface area contributed by atoms with E-state index in [9.17, 15) is 0 Å². The maximum Gasteiger partial charge on any atom is 0.224 e. The van der Waals surface area contributed by atoms with Crippen LogP contribution in [0.1, 0.15) is 10.7 Å². The third-order valence-corrected chi connectivity index (χ3v) is 3.23. The van der Waals surface area contributed by atoms with E-state index in [4.69, 9.17) is 17.3 Å². The van der Waals surface area contributed by atoms with Crippen molar-refractivity contribution in [2.24, 2.45) is 0 Å². The second-order valence-corrected chi connectivity index (χ2v) is 4.76. The fraction of sp³-hybridized carbons (Fsp3) is 0.300. The molecule has 0 aliphatic carbocycles. The summed E-state index contributed by atoms with van der Waals surface area (Å²) in [5.41, 5.74) is 7.07. The third kappa shape index (κ3) is 3.04. The summed E-state index contributed by atoms with van der Waals surface area (Å²) in [6.07, 6.45) is 2.62. The van der Waals surface area contributed by atoms with E-state index >= 15 is 0 Å². The third-order valence-electron chi connectivity index (χ3n) is 2.22. The molecule has 0 saturated carbocycles. The van der Waals surface area contributed by atoms with Gasteiger partial charge in [0.15, 0.2) is 5.82 Å². The van der Waals surface area contributed by atoms with E-state index in [2.05, 4.69) is 20.3 Å². The molecule has 0 saturated heterocycles. The molecule has 0 amide bonds. The number of aromatic nitrogens is 3. The van der Waals surface area contributed by atoms with E-state index in [-0.39, 0.29) is 5.28 Å². The molecule has 3 N–H and O–H groups in total. The molecule has 2 aromatic rings. The number of nitrogens with zero attached hydrogens (tertiary/aromatic N) is 3. The lowest BCUT2D eigenvalue weighted by molar-refractivity contribution is 0.979. The number of thiazole rings is 1. The minimum atomic E-state index is 0.202. The summed E-state index contributed by atoms with van der Waals surface area (Å²) in [7, 11) is 0. The number of hydrogen-bond acceptors (Lipinski definition) is 6. The highest BCUT2D eigenvalue weighted by atomic mass is 35.5. The van der Waals surface area contributed by atoms with Crippen molar-refractivity contribution < 1.29 is 0 Å². The van der Waals surface area contributed by atoms with Crippen molar-refractivity contribution in [3.8, 4) is 0 Å². The van der Waals surface area contributed by atoms with Crippen LogP contribution in [0.3, 0.4) is 0 Å². The number of halogens is 1. The fourth-order valence-electron chi connectivity index (χ4n) is 1.35. The molecular weight excluding hydrogens is 258 g/mol. The smallest absolute Gasteiger partial charge is 0.224 e. The summed E-state index contributed by atoms with van der Waals surface area (Å²) in [4.78, 5) is 12.2. The minimum Gasteiger partial charge on any atom is -0.394 e. The van der Waals surface area contributed by atoms with Crippen LogP contribution in [0.15, 0.2) is 11.6 Å². The van der Waals surface area contributed by atoms with Crippen LogP contribution >= 0.6 is 22.9 Å². The van der Waals surface area contributed by atoms with E-state index < -0.39 is 0 Å². The van der Waals surface area contributed by atoms with E-state index in [1.54, 1.807) is 24.5 Å². The molecule has 2 aromatic heterocycles. The first-order chi connectivity index (χ1) is 8.16. The minimum absolute atomic E-state index is 0.202. The summed E-state index contributed by atoms with van der Waals surface area (Å²) in [6, 6.07) is 0. The maximum atomic E-state index is 5.85. The van der Waals surface area contributed by atoms with E-state index in [1.807, 2.05) is 5.38 Å². The predicted octanol–water partition coefficient (Wildman–Crippen LogP) is 2.13. The molecule has 2 rings (SSSR count). The Bertz CT molecular complexity index is 500. The lowest BCUT2D eigenvalue weighted by atomic mass is 10.3. The first-order valence-corrected chi connectivity index (χ1v) is 6.34. The quantitative estimate of drug-likeness (QED) is 0.832. The topological polar surface area (TPSA) is 76.7 Å². The van der Waals surface area contributed by atoms with Crippen LogP contribution < -0.4 is 11.1 Å². The van der Waals surface area contributed by atoms with Gasteiger partial charge in [0, 0.05) is 24.5 Å². The summed E-state index contributed by atoms with van der Waals surface area (Å²) < 4.78 is 0. The Balaban J connectivity index is 1.99. The van der Waals surface area contributed by atoms with Gasteiger partial charge in [0.25, 0.3) is 0 Å². The summed E-state index contributed by atoms with van der Waals surface area (Å²) in [6.45, 7) is 2.51. The lowest BCUT2D eigenvalue weighted by Gasteiger charge is -2.09. The number of nitrogens with two attached hydrogens (primary N) is 1. The van der Waals surface area contributed by atoms with Crippen LogP contribution in [0.25, 0.3) is 0 Å². The van der Waals surface area contributed by atoms with Crippen molar-refractivity contribution in [1.82, 2.24) is 15.0 Å². The number of nitrogen functional groups attached to an aromatic ring is 1. The van der Waals surface area contributed by atoms with Gasteiger partial charge in [-0.15, -0.1) is 11.3 Å². The Kier molecular flexibility index (Phi) is 3.75. The number of nitrogens with one attached hydrogen (secondary N) is 1. The molecule has 0 radical (unpaired) electrons. The highest BCUT2D eigenvalue weighted by Crippen LogP contribution is 2.20. The molecule has 90 valence electrons. The normalized spacial score (nSPS) is 10.5. The van der Waals surface area contributed by atoms with Crippen molar-refractivity contribution in [3.05, 3.63) is 27.6 Å². The summed E-state index contributed by atoms with van der Waals surface area (Å²) >= 11 is 7.40. The zero-order valence-corrected chi connectivity index (χ0v) is 10.8. The number of rotatable bonds is 4. The number of anilines is 2. The fourth-order valence-corrected chi connectivity index (χ4v) is 2.18. The van der Waals surface area contributed by atoms with Crippen molar-refractivity contribution in [1.29, 1.82) is 0 Å². The Labute approximate surface area is 108 Å². The predicted molar refractivity (Wildman–Crippen MR) is 70.5 cm³/mol. The standard InChI is InChI=1S/C10H12ClN5S/c1-6-8(12)9(16-10(11)15-6)14-3-2-7-13-4-5-17-7/h4-5H,2-3,12H2,1H3,(H,14,15,16). The molecule has 2 heterocycles. The lowest BCUT2D eigenvalue weighted by Crippen LogP contribution is -2.10. The molecule has 0 spiro atoms. The van der Waals surface area contributed by atoms with E-state index in [1.165, 1.54) is 0 Å². The molecule has 0 aliphatic rings. The molecule has 0 atom stereocenters. The maximum absolute atomic E-state index is 5.85. The van der Waals surface area contributed by atoms with E-state index in [0.717, 1.165) is 11.4 Å².